The number of furan rings is 1. The topological polar surface area (TPSA) is 79.6 Å². The van der Waals surface area contributed by atoms with E-state index in [-0.39, 0.29) is 23.4 Å². The summed E-state index contributed by atoms with van der Waals surface area (Å²) in [5.41, 5.74) is 0.309. The summed E-state index contributed by atoms with van der Waals surface area (Å²) in [6, 6.07) is 9.61. The van der Waals surface area contributed by atoms with E-state index in [0.29, 0.717) is 17.9 Å². The minimum Gasteiger partial charge on any atom is -0.464 e. The van der Waals surface area contributed by atoms with Gasteiger partial charge in [0.25, 0.3) is 5.91 Å². The maximum atomic E-state index is 12.9. The quantitative estimate of drug-likeness (QED) is 0.718. The van der Waals surface area contributed by atoms with Crippen LogP contribution in [0.1, 0.15) is 35.7 Å². The number of carbonyl (C=O) groups is 1. The van der Waals surface area contributed by atoms with Crippen molar-refractivity contribution in [3.63, 3.8) is 0 Å². The van der Waals surface area contributed by atoms with Gasteiger partial charge in [-0.3, -0.25) is 4.79 Å². The first-order valence-electron chi connectivity index (χ1n) is 8.31. The highest BCUT2D eigenvalue weighted by atomic mass is 32.2. The first kappa shape index (κ1) is 19.9. The standard InChI is InChI=1S/C19H24N2O4S/c1-5-11-20-26(23,24)18-8-6-7-16(12-18)19(22)21(14(2)3)13-17-10-9-15(4)25-17/h5-10,12,14,20H,1,11,13H2,2-4H3. The molecule has 140 valence electrons. The summed E-state index contributed by atoms with van der Waals surface area (Å²) in [5, 5.41) is 0. The molecule has 1 N–H and O–H groups in total. The van der Waals surface area contributed by atoms with Crippen LogP contribution >= 0.6 is 0 Å². The monoisotopic (exact) mass is 376 g/mol. The Morgan fingerprint density at radius 2 is 2.04 bits per heavy atom. The van der Waals surface area contributed by atoms with Crippen LogP contribution in [-0.4, -0.2) is 31.8 Å². The molecule has 1 aromatic carbocycles. The van der Waals surface area contributed by atoms with Gasteiger partial charge in [0.15, 0.2) is 0 Å². The molecule has 0 saturated heterocycles. The predicted octanol–water partition coefficient (Wildman–Crippen LogP) is 3.10. The van der Waals surface area contributed by atoms with Crippen LogP contribution < -0.4 is 4.72 Å². The second-order valence-electron chi connectivity index (χ2n) is 6.21. The number of benzene rings is 1. The van der Waals surface area contributed by atoms with Gasteiger partial charge >= 0.3 is 0 Å². The zero-order chi connectivity index (χ0) is 19.3. The van der Waals surface area contributed by atoms with Gasteiger partial charge in [-0.1, -0.05) is 12.1 Å². The van der Waals surface area contributed by atoms with Crippen molar-refractivity contribution < 1.29 is 17.6 Å². The van der Waals surface area contributed by atoms with Gasteiger partial charge in [0, 0.05) is 18.2 Å². The Kier molecular flexibility index (Phi) is 6.39. The Morgan fingerprint density at radius 3 is 2.62 bits per heavy atom. The molecule has 6 nitrogen and oxygen atoms in total. The van der Waals surface area contributed by atoms with Crippen LogP contribution in [0.4, 0.5) is 0 Å². The average molecular weight is 376 g/mol. The highest BCUT2D eigenvalue weighted by Crippen LogP contribution is 2.18. The molecule has 0 unspecified atom stereocenters. The van der Waals surface area contributed by atoms with Crippen molar-refractivity contribution >= 4 is 15.9 Å². The summed E-state index contributed by atoms with van der Waals surface area (Å²) >= 11 is 0. The van der Waals surface area contributed by atoms with Crippen molar-refractivity contribution in [2.45, 2.75) is 38.3 Å². The Morgan fingerprint density at radius 1 is 1.31 bits per heavy atom. The number of nitrogens with zero attached hydrogens (tertiary/aromatic N) is 1. The first-order valence-corrected chi connectivity index (χ1v) is 9.80. The van der Waals surface area contributed by atoms with Crippen LogP contribution in [0.2, 0.25) is 0 Å². The molecule has 0 spiro atoms. The van der Waals surface area contributed by atoms with E-state index >= 15 is 0 Å². The molecule has 0 atom stereocenters. The summed E-state index contributed by atoms with van der Waals surface area (Å²) in [6.07, 6.45) is 1.46. The second-order valence-corrected chi connectivity index (χ2v) is 7.97. The number of aryl methyl sites for hydroxylation is 1. The minimum atomic E-state index is -3.69. The van der Waals surface area contributed by atoms with E-state index in [1.54, 1.807) is 17.0 Å². The lowest BCUT2D eigenvalue weighted by Crippen LogP contribution is -2.36. The van der Waals surface area contributed by atoms with E-state index in [0.717, 1.165) is 5.76 Å². The summed E-state index contributed by atoms with van der Waals surface area (Å²) < 4.78 is 32.5. The molecule has 1 heterocycles. The molecule has 0 aliphatic carbocycles. The molecule has 26 heavy (non-hydrogen) atoms. The Labute approximate surface area is 154 Å². The molecule has 0 aliphatic heterocycles. The summed E-state index contributed by atoms with van der Waals surface area (Å²) in [4.78, 5) is 14.6. The smallest absolute Gasteiger partial charge is 0.254 e. The van der Waals surface area contributed by atoms with Gasteiger partial charge in [-0.15, -0.1) is 6.58 Å². The minimum absolute atomic E-state index is 0.0442. The normalized spacial score (nSPS) is 11.5. The highest BCUT2D eigenvalue weighted by molar-refractivity contribution is 7.89. The zero-order valence-electron chi connectivity index (χ0n) is 15.2. The summed E-state index contributed by atoms with van der Waals surface area (Å²) in [7, 11) is -3.69. The van der Waals surface area contributed by atoms with Crippen LogP contribution in [0.15, 0.2) is 58.4 Å². The number of hydrogen-bond acceptors (Lipinski definition) is 4. The maximum absolute atomic E-state index is 12.9. The molecule has 0 bridgehead atoms. The molecule has 2 aromatic rings. The van der Waals surface area contributed by atoms with Crippen LogP contribution in [0.5, 0.6) is 0 Å². The van der Waals surface area contributed by atoms with Gasteiger partial charge in [-0.25, -0.2) is 13.1 Å². The number of nitrogens with one attached hydrogen (secondary N) is 1. The predicted molar refractivity (Wildman–Crippen MR) is 100 cm³/mol. The molecule has 0 saturated carbocycles. The first-order chi connectivity index (χ1) is 12.2. The summed E-state index contributed by atoms with van der Waals surface area (Å²) in [5.74, 6) is 1.20. The number of hydrogen-bond donors (Lipinski definition) is 1. The van der Waals surface area contributed by atoms with E-state index in [1.807, 2.05) is 32.9 Å². The SMILES string of the molecule is C=CCNS(=O)(=O)c1cccc(C(=O)N(Cc2ccc(C)o2)C(C)C)c1. The van der Waals surface area contributed by atoms with E-state index in [2.05, 4.69) is 11.3 Å². The van der Waals surface area contributed by atoms with Crippen molar-refractivity contribution in [1.29, 1.82) is 0 Å². The van der Waals surface area contributed by atoms with Gasteiger partial charge < -0.3 is 9.32 Å². The third-order valence-corrected chi connectivity index (χ3v) is 5.24. The number of rotatable bonds is 8. The number of carbonyl (C=O) groups excluding carboxylic acids is 1. The zero-order valence-corrected chi connectivity index (χ0v) is 16.0. The molecule has 1 aromatic heterocycles. The van der Waals surface area contributed by atoms with Crippen LogP contribution in [0.25, 0.3) is 0 Å². The van der Waals surface area contributed by atoms with Crippen molar-refractivity contribution in [1.82, 2.24) is 9.62 Å². The maximum Gasteiger partial charge on any atom is 0.254 e. The molecule has 2 rings (SSSR count). The van der Waals surface area contributed by atoms with E-state index < -0.39 is 10.0 Å². The molecule has 1 amide bonds. The van der Waals surface area contributed by atoms with Gasteiger partial charge in [0.05, 0.1) is 11.4 Å². The lowest BCUT2D eigenvalue weighted by atomic mass is 10.1. The molecule has 0 fully saturated rings. The lowest BCUT2D eigenvalue weighted by molar-refractivity contribution is 0.0675. The Bertz CT molecular complexity index is 884. The summed E-state index contributed by atoms with van der Waals surface area (Å²) in [6.45, 7) is 9.58. The van der Waals surface area contributed by atoms with Crippen molar-refractivity contribution in [2.75, 3.05) is 6.54 Å². The van der Waals surface area contributed by atoms with Gasteiger partial charge in [0.2, 0.25) is 10.0 Å². The molecule has 0 aliphatic rings. The third kappa shape index (κ3) is 4.83. The third-order valence-electron chi connectivity index (χ3n) is 3.82. The van der Waals surface area contributed by atoms with E-state index in [1.165, 1.54) is 18.2 Å². The van der Waals surface area contributed by atoms with Gasteiger partial charge in [-0.2, -0.15) is 0 Å². The van der Waals surface area contributed by atoms with Crippen molar-refractivity contribution in [3.05, 3.63) is 66.1 Å². The fourth-order valence-electron chi connectivity index (χ4n) is 2.44. The highest BCUT2D eigenvalue weighted by Gasteiger charge is 2.22. The number of sulfonamides is 1. The van der Waals surface area contributed by atoms with Crippen molar-refractivity contribution in [3.8, 4) is 0 Å². The molecular weight excluding hydrogens is 352 g/mol. The van der Waals surface area contributed by atoms with Crippen LogP contribution in [0, 0.1) is 6.92 Å². The average Bonchev–Trinajstić information content (AvgIpc) is 3.02. The molecule has 7 heteroatoms. The fourth-order valence-corrected chi connectivity index (χ4v) is 3.48. The second kappa shape index (κ2) is 8.33. The van der Waals surface area contributed by atoms with Crippen molar-refractivity contribution in [2.24, 2.45) is 0 Å². The van der Waals surface area contributed by atoms with Crippen LogP contribution in [-0.2, 0) is 16.6 Å². The van der Waals surface area contributed by atoms with E-state index in [4.69, 9.17) is 4.42 Å². The van der Waals surface area contributed by atoms with Gasteiger partial charge in [-0.05, 0) is 51.1 Å². The Hall–Kier alpha value is -2.38. The largest absolute Gasteiger partial charge is 0.464 e. The fraction of sp³-hybridized carbons (Fsp3) is 0.316. The molecule has 0 radical (unpaired) electrons. The van der Waals surface area contributed by atoms with E-state index in [9.17, 15) is 13.2 Å². The van der Waals surface area contributed by atoms with Crippen LogP contribution in [0.3, 0.4) is 0 Å². The Balaban J connectivity index is 2.28. The number of amides is 1. The van der Waals surface area contributed by atoms with Gasteiger partial charge in [0.1, 0.15) is 11.5 Å². The lowest BCUT2D eigenvalue weighted by Gasteiger charge is -2.26. The molecular formula is C19H24N2O4S.